The van der Waals surface area contributed by atoms with E-state index in [1.165, 1.54) is 16.3 Å². The minimum Gasteiger partial charge on any atom is -0.370 e. The van der Waals surface area contributed by atoms with Gasteiger partial charge in [-0.25, -0.2) is 0 Å². The van der Waals surface area contributed by atoms with Crippen molar-refractivity contribution < 1.29 is 4.79 Å². The standard InChI is InChI=1S/C21H28N4O/c1-23-21(25-12-4-5-17(15-25)14-20(22)26)24-11-10-16-8-9-18-6-2-3-7-19(18)13-16/h2-3,6-9,13,17H,4-5,10-12,14-15H2,1H3,(H2,22,26)(H,23,24). The van der Waals surface area contributed by atoms with Gasteiger partial charge in [0.1, 0.15) is 0 Å². The van der Waals surface area contributed by atoms with Crippen LogP contribution in [0, 0.1) is 5.92 Å². The van der Waals surface area contributed by atoms with Gasteiger partial charge in [0.25, 0.3) is 0 Å². The maximum absolute atomic E-state index is 11.2. The lowest BCUT2D eigenvalue weighted by Gasteiger charge is -2.34. The van der Waals surface area contributed by atoms with Crippen molar-refractivity contribution in [2.45, 2.75) is 25.7 Å². The van der Waals surface area contributed by atoms with Gasteiger partial charge in [-0.2, -0.15) is 0 Å². The van der Waals surface area contributed by atoms with E-state index < -0.39 is 0 Å². The Kier molecular flexibility index (Phi) is 6.10. The zero-order valence-corrected chi connectivity index (χ0v) is 15.4. The lowest BCUT2D eigenvalue weighted by Crippen LogP contribution is -2.47. The summed E-state index contributed by atoms with van der Waals surface area (Å²) in [5.41, 5.74) is 6.67. The van der Waals surface area contributed by atoms with Crippen molar-refractivity contribution in [1.82, 2.24) is 10.2 Å². The Morgan fingerprint density at radius 2 is 2.08 bits per heavy atom. The Morgan fingerprint density at radius 3 is 2.85 bits per heavy atom. The first-order valence-electron chi connectivity index (χ1n) is 9.37. The number of carbonyl (C=O) groups is 1. The molecule has 5 nitrogen and oxygen atoms in total. The topological polar surface area (TPSA) is 70.7 Å². The molecule has 1 amide bonds. The second-order valence-electron chi connectivity index (χ2n) is 7.03. The lowest BCUT2D eigenvalue weighted by atomic mass is 9.95. The minimum atomic E-state index is -0.212. The van der Waals surface area contributed by atoms with E-state index in [0.29, 0.717) is 12.3 Å². The Bertz CT molecular complexity index is 786. The van der Waals surface area contributed by atoms with E-state index in [1.54, 1.807) is 0 Å². The largest absolute Gasteiger partial charge is 0.370 e. The van der Waals surface area contributed by atoms with Crippen LogP contribution in [0.5, 0.6) is 0 Å². The average Bonchev–Trinajstić information content (AvgIpc) is 2.65. The van der Waals surface area contributed by atoms with Gasteiger partial charge >= 0.3 is 0 Å². The number of nitrogens with one attached hydrogen (secondary N) is 1. The van der Waals surface area contributed by atoms with Crippen LogP contribution >= 0.6 is 0 Å². The van der Waals surface area contributed by atoms with Crippen molar-refractivity contribution in [3.05, 3.63) is 48.0 Å². The summed E-state index contributed by atoms with van der Waals surface area (Å²) in [6, 6.07) is 15.1. The zero-order valence-electron chi connectivity index (χ0n) is 15.4. The van der Waals surface area contributed by atoms with Gasteiger partial charge < -0.3 is 16.0 Å². The molecule has 2 aromatic rings. The highest BCUT2D eigenvalue weighted by atomic mass is 16.1. The van der Waals surface area contributed by atoms with Crippen molar-refractivity contribution in [3.8, 4) is 0 Å². The number of amides is 1. The molecule has 1 atom stereocenters. The number of aliphatic imine (C=N–C) groups is 1. The summed E-state index contributed by atoms with van der Waals surface area (Å²) in [5, 5.41) is 6.02. The number of fused-ring (bicyclic) bond motifs is 1. The fourth-order valence-corrected chi connectivity index (χ4v) is 3.75. The predicted octanol–water partition coefficient (Wildman–Crippen LogP) is 2.55. The molecule has 1 saturated heterocycles. The fraction of sp³-hybridized carbons (Fsp3) is 0.429. The predicted molar refractivity (Wildman–Crippen MR) is 107 cm³/mol. The monoisotopic (exact) mass is 352 g/mol. The summed E-state index contributed by atoms with van der Waals surface area (Å²) in [5.74, 6) is 1.04. The molecule has 3 N–H and O–H groups in total. The highest BCUT2D eigenvalue weighted by Gasteiger charge is 2.23. The molecule has 0 spiro atoms. The van der Waals surface area contributed by atoms with Crippen LogP contribution in [0.1, 0.15) is 24.8 Å². The molecule has 0 aromatic heterocycles. The quantitative estimate of drug-likeness (QED) is 0.642. The number of nitrogens with zero attached hydrogens (tertiary/aromatic N) is 2. The van der Waals surface area contributed by atoms with E-state index in [-0.39, 0.29) is 5.91 Å². The number of piperidine rings is 1. The second-order valence-corrected chi connectivity index (χ2v) is 7.03. The molecular weight excluding hydrogens is 324 g/mol. The molecular formula is C21H28N4O. The number of hydrogen-bond donors (Lipinski definition) is 2. The van der Waals surface area contributed by atoms with E-state index in [4.69, 9.17) is 5.73 Å². The van der Waals surface area contributed by atoms with Crippen LogP contribution in [-0.2, 0) is 11.2 Å². The summed E-state index contributed by atoms with van der Waals surface area (Å²) in [6.07, 6.45) is 3.55. The van der Waals surface area contributed by atoms with Crippen molar-refractivity contribution >= 4 is 22.6 Å². The van der Waals surface area contributed by atoms with Crippen LogP contribution in [-0.4, -0.2) is 43.4 Å². The molecule has 1 aliphatic rings. The van der Waals surface area contributed by atoms with Crippen molar-refractivity contribution in [1.29, 1.82) is 0 Å². The summed E-state index contributed by atoms with van der Waals surface area (Å²) in [6.45, 7) is 2.66. The molecule has 0 saturated carbocycles. The minimum absolute atomic E-state index is 0.212. The van der Waals surface area contributed by atoms with Crippen molar-refractivity contribution in [2.24, 2.45) is 16.6 Å². The third kappa shape index (κ3) is 4.75. The highest BCUT2D eigenvalue weighted by molar-refractivity contribution is 5.83. The van der Waals surface area contributed by atoms with Crippen LogP contribution in [0.3, 0.4) is 0 Å². The first-order valence-corrected chi connectivity index (χ1v) is 9.37. The SMILES string of the molecule is CN=C(NCCc1ccc2ccccc2c1)N1CCCC(CC(N)=O)C1. The number of primary amides is 1. The van der Waals surface area contributed by atoms with Crippen LogP contribution < -0.4 is 11.1 Å². The van der Waals surface area contributed by atoms with Crippen molar-refractivity contribution in [3.63, 3.8) is 0 Å². The van der Waals surface area contributed by atoms with Crippen LogP contribution in [0.25, 0.3) is 10.8 Å². The first-order chi connectivity index (χ1) is 12.7. The summed E-state index contributed by atoms with van der Waals surface area (Å²) >= 11 is 0. The summed E-state index contributed by atoms with van der Waals surface area (Å²) in [7, 11) is 1.82. The van der Waals surface area contributed by atoms with Crippen LogP contribution in [0.15, 0.2) is 47.5 Å². The highest BCUT2D eigenvalue weighted by Crippen LogP contribution is 2.19. The smallest absolute Gasteiger partial charge is 0.217 e. The lowest BCUT2D eigenvalue weighted by molar-refractivity contribution is -0.119. The van der Waals surface area contributed by atoms with Crippen molar-refractivity contribution in [2.75, 3.05) is 26.7 Å². The molecule has 1 heterocycles. The van der Waals surface area contributed by atoms with Gasteiger partial charge in [0, 0.05) is 33.1 Å². The third-order valence-corrected chi connectivity index (χ3v) is 5.03. The number of rotatable bonds is 5. The Morgan fingerprint density at radius 1 is 1.27 bits per heavy atom. The van der Waals surface area contributed by atoms with E-state index in [1.807, 2.05) is 7.05 Å². The van der Waals surface area contributed by atoms with Gasteiger partial charge in [-0.3, -0.25) is 9.79 Å². The number of likely N-dealkylation sites (tertiary alicyclic amines) is 1. The molecule has 5 heteroatoms. The van der Waals surface area contributed by atoms with Gasteiger partial charge in [-0.15, -0.1) is 0 Å². The Labute approximate surface area is 155 Å². The molecule has 1 unspecified atom stereocenters. The number of hydrogen-bond acceptors (Lipinski definition) is 2. The fourth-order valence-electron chi connectivity index (χ4n) is 3.75. The maximum Gasteiger partial charge on any atom is 0.217 e. The van der Waals surface area contributed by atoms with E-state index in [9.17, 15) is 4.79 Å². The maximum atomic E-state index is 11.2. The van der Waals surface area contributed by atoms with E-state index in [0.717, 1.165) is 44.9 Å². The molecule has 0 aliphatic carbocycles. The van der Waals surface area contributed by atoms with Gasteiger partial charge in [-0.05, 0) is 41.5 Å². The molecule has 26 heavy (non-hydrogen) atoms. The van der Waals surface area contributed by atoms with Gasteiger partial charge in [-0.1, -0.05) is 42.5 Å². The average molecular weight is 352 g/mol. The third-order valence-electron chi connectivity index (χ3n) is 5.03. The van der Waals surface area contributed by atoms with E-state index >= 15 is 0 Å². The van der Waals surface area contributed by atoms with Gasteiger partial charge in [0.15, 0.2) is 5.96 Å². The molecule has 1 aliphatic heterocycles. The zero-order chi connectivity index (χ0) is 18.4. The summed E-state index contributed by atoms with van der Waals surface area (Å²) in [4.78, 5) is 17.9. The number of guanidine groups is 1. The van der Waals surface area contributed by atoms with Crippen LogP contribution in [0.2, 0.25) is 0 Å². The Hall–Kier alpha value is -2.56. The number of nitrogens with two attached hydrogens (primary N) is 1. The molecule has 138 valence electrons. The molecule has 0 bridgehead atoms. The molecule has 0 radical (unpaired) electrons. The van der Waals surface area contributed by atoms with Gasteiger partial charge in [0.05, 0.1) is 0 Å². The molecule has 3 rings (SSSR count). The number of carbonyl (C=O) groups excluding carboxylic acids is 1. The van der Waals surface area contributed by atoms with Crippen LogP contribution in [0.4, 0.5) is 0 Å². The molecule has 2 aromatic carbocycles. The van der Waals surface area contributed by atoms with Gasteiger partial charge in [0.2, 0.25) is 5.91 Å². The molecule has 1 fully saturated rings. The number of benzene rings is 2. The Balaban J connectivity index is 1.54. The summed E-state index contributed by atoms with van der Waals surface area (Å²) < 4.78 is 0. The van der Waals surface area contributed by atoms with E-state index in [2.05, 4.69) is 57.7 Å². The first kappa shape index (κ1) is 18.2. The second kappa shape index (κ2) is 8.70. The normalized spacial score (nSPS) is 18.1.